The molecule has 0 aliphatic carbocycles. The Morgan fingerprint density at radius 1 is 1.18 bits per heavy atom. The molecule has 5 heteroatoms. The summed E-state index contributed by atoms with van der Waals surface area (Å²) >= 11 is 1.32. The van der Waals surface area contributed by atoms with Gasteiger partial charge in [-0.2, -0.15) is 0 Å². The third kappa shape index (κ3) is 2.44. The van der Waals surface area contributed by atoms with Gasteiger partial charge in [0.25, 0.3) is 0 Å². The van der Waals surface area contributed by atoms with Crippen molar-refractivity contribution in [2.24, 2.45) is 0 Å². The molecule has 0 spiro atoms. The number of aryl methyl sites for hydroxylation is 1. The number of anilines is 1. The van der Waals surface area contributed by atoms with Gasteiger partial charge < -0.3 is 4.90 Å². The van der Waals surface area contributed by atoms with Crippen LogP contribution in [0.2, 0.25) is 0 Å². The monoisotopic (exact) mass is 248 g/mol. The standard InChI is InChI=1S/C12H16N4S/c1-8-5-6-11(10(3)9(8)2)7-16(4)12-13-14-15-17-12/h5-6H,7H2,1-4H3. The molecule has 4 nitrogen and oxygen atoms in total. The van der Waals surface area contributed by atoms with Gasteiger partial charge in [-0.1, -0.05) is 21.7 Å². The lowest BCUT2D eigenvalue weighted by atomic mass is 9.99. The molecule has 2 rings (SSSR count). The van der Waals surface area contributed by atoms with E-state index in [2.05, 4.69) is 52.6 Å². The summed E-state index contributed by atoms with van der Waals surface area (Å²) in [5, 5.41) is 8.43. The number of benzene rings is 1. The van der Waals surface area contributed by atoms with Crippen LogP contribution in [0.25, 0.3) is 0 Å². The average molecular weight is 248 g/mol. The maximum Gasteiger partial charge on any atom is 0.227 e. The van der Waals surface area contributed by atoms with Crippen LogP contribution in [0.1, 0.15) is 22.3 Å². The molecule has 0 atom stereocenters. The van der Waals surface area contributed by atoms with Gasteiger partial charge in [0.2, 0.25) is 5.13 Å². The lowest BCUT2D eigenvalue weighted by molar-refractivity contribution is 0.867. The average Bonchev–Trinajstić information content (AvgIpc) is 2.83. The molecule has 0 aliphatic rings. The smallest absolute Gasteiger partial charge is 0.227 e. The zero-order valence-electron chi connectivity index (χ0n) is 10.6. The van der Waals surface area contributed by atoms with Crippen LogP contribution in [0.3, 0.4) is 0 Å². The number of hydrogen-bond acceptors (Lipinski definition) is 5. The molecule has 1 aromatic carbocycles. The predicted octanol–water partition coefficient (Wildman–Crippen LogP) is 2.49. The highest BCUT2D eigenvalue weighted by Gasteiger charge is 2.09. The molecule has 0 amide bonds. The zero-order chi connectivity index (χ0) is 12.4. The number of aromatic nitrogens is 3. The Kier molecular flexibility index (Phi) is 3.38. The van der Waals surface area contributed by atoms with Crippen molar-refractivity contribution in [3.8, 4) is 0 Å². The first-order chi connectivity index (χ1) is 8.09. The summed E-state index contributed by atoms with van der Waals surface area (Å²) in [6.45, 7) is 7.32. The highest BCUT2D eigenvalue weighted by Crippen LogP contribution is 2.21. The molecule has 0 saturated carbocycles. The lowest BCUT2D eigenvalue weighted by Gasteiger charge is -2.18. The van der Waals surface area contributed by atoms with E-state index >= 15 is 0 Å². The van der Waals surface area contributed by atoms with Gasteiger partial charge in [-0.05, 0) is 48.2 Å². The van der Waals surface area contributed by atoms with E-state index in [0.717, 1.165) is 11.7 Å². The van der Waals surface area contributed by atoms with Gasteiger partial charge >= 0.3 is 0 Å². The summed E-state index contributed by atoms with van der Waals surface area (Å²) in [6, 6.07) is 4.35. The summed E-state index contributed by atoms with van der Waals surface area (Å²) in [6.07, 6.45) is 0. The lowest BCUT2D eigenvalue weighted by Crippen LogP contribution is -2.17. The van der Waals surface area contributed by atoms with E-state index in [1.54, 1.807) is 0 Å². The molecule has 0 bridgehead atoms. The summed E-state index contributed by atoms with van der Waals surface area (Å²) in [7, 11) is 2.01. The largest absolute Gasteiger partial charge is 0.344 e. The predicted molar refractivity (Wildman–Crippen MR) is 70.5 cm³/mol. The Hall–Kier alpha value is -1.49. The summed E-state index contributed by atoms with van der Waals surface area (Å²) in [5.41, 5.74) is 5.39. The molecule has 0 unspecified atom stereocenters. The molecular formula is C12H16N4S. The van der Waals surface area contributed by atoms with Crippen molar-refractivity contribution in [2.75, 3.05) is 11.9 Å². The Bertz CT molecular complexity index is 507. The second-order valence-corrected chi connectivity index (χ2v) is 5.00. The maximum absolute atomic E-state index is 3.97. The van der Waals surface area contributed by atoms with Crippen molar-refractivity contribution >= 4 is 16.7 Å². The molecule has 1 heterocycles. The second kappa shape index (κ2) is 4.79. The minimum Gasteiger partial charge on any atom is -0.344 e. The summed E-state index contributed by atoms with van der Waals surface area (Å²) < 4.78 is 3.78. The summed E-state index contributed by atoms with van der Waals surface area (Å²) in [4.78, 5) is 2.07. The number of rotatable bonds is 3. The SMILES string of the molecule is Cc1ccc(CN(C)c2nnns2)c(C)c1C. The Balaban J connectivity index is 2.22. The minimum absolute atomic E-state index is 0.837. The second-order valence-electron chi connectivity index (χ2n) is 4.29. The highest BCUT2D eigenvalue weighted by atomic mass is 32.1. The van der Waals surface area contributed by atoms with Crippen LogP contribution >= 0.6 is 11.5 Å². The van der Waals surface area contributed by atoms with Crippen LogP contribution in [0.4, 0.5) is 5.13 Å². The first kappa shape index (κ1) is 12.0. The molecule has 0 fully saturated rings. The van der Waals surface area contributed by atoms with E-state index < -0.39 is 0 Å². The normalized spacial score (nSPS) is 10.6. The van der Waals surface area contributed by atoms with Crippen molar-refractivity contribution in [1.82, 2.24) is 14.8 Å². The van der Waals surface area contributed by atoms with E-state index in [0.29, 0.717) is 0 Å². The Labute approximate surface area is 105 Å². The van der Waals surface area contributed by atoms with E-state index in [9.17, 15) is 0 Å². The first-order valence-electron chi connectivity index (χ1n) is 5.51. The quantitative estimate of drug-likeness (QED) is 0.837. The van der Waals surface area contributed by atoms with Crippen molar-refractivity contribution in [1.29, 1.82) is 0 Å². The Morgan fingerprint density at radius 2 is 1.94 bits per heavy atom. The number of hydrogen-bond donors (Lipinski definition) is 0. The van der Waals surface area contributed by atoms with Crippen LogP contribution < -0.4 is 4.90 Å². The van der Waals surface area contributed by atoms with Crippen molar-refractivity contribution in [3.05, 3.63) is 34.4 Å². The van der Waals surface area contributed by atoms with Crippen molar-refractivity contribution in [2.45, 2.75) is 27.3 Å². The van der Waals surface area contributed by atoms with Crippen molar-refractivity contribution < 1.29 is 0 Å². The maximum atomic E-state index is 3.97. The molecule has 0 radical (unpaired) electrons. The molecule has 1 aromatic heterocycles. The third-order valence-electron chi connectivity index (χ3n) is 3.19. The van der Waals surface area contributed by atoms with E-state index in [1.807, 2.05) is 7.05 Å². The number of nitrogens with zero attached hydrogens (tertiary/aromatic N) is 4. The Morgan fingerprint density at radius 3 is 2.59 bits per heavy atom. The van der Waals surface area contributed by atoms with Gasteiger partial charge in [0.1, 0.15) is 0 Å². The van der Waals surface area contributed by atoms with E-state index in [1.165, 1.54) is 33.8 Å². The van der Waals surface area contributed by atoms with Gasteiger partial charge in [0, 0.05) is 25.1 Å². The van der Waals surface area contributed by atoms with E-state index in [-0.39, 0.29) is 0 Å². The highest BCUT2D eigenvalue weighted by molar-refractivity contribution is 7.09. The molecule has 90 valence electrons. The minimum atomic E-state index is 0.837. The topological polar surface area (TPSA) is 41.9 Å². The van der Waals surface area contributed by atoms with Gasteiger partial charge in [-0.25, -0.2) is 0 Å². The van der Waals surface area contributed by atoms with Gasteiger partial charge in [0.05, 0.1) is 0 Å². The first-order valence-corrected chi connectivity index (χ1v) is 6.28. The molecule has 2 aromatic rings. The van der Waals surface area contributed by atoms with E-state index in [4.69, 9.17) is 0 Å². The fourth-order valence-corrected chi connectivity index (χ4v) is 2.21. The molecular weight excluding hydrogens is 232 g/mol. The van der Waals surface area contributed by atoms with Crippen LogP contribution in [-0.4, -0.2) is 21.8 Å². The van der Waals surface area contributed by atoms with Crippen LogP contribution in [0, 0.1) is 20.8 Å². The van der Waals surface area contributed by atoms with Crippen molar-refractivity contribution in [3.63, 3.8) is 0 Å². The van der Waals surface area contributed by atoms with Gasteiger partial charge in [-0.15, -0.1) is 0 Å². The zero-order valence-corrected chi connectivity index (χ0v) is 11.4. The molecule has 0 aliphatic heterocycles. The van der Waals surface area contributed by atoms with Gasteiger partial charge in [-0.3, -0.25) is 0 Å². The molecule has 17 heavy (non-hydrogen) atoms. The summed E-state index contributed by atoms with van der Waals surface area (Å²) in [5.74, 6) is 0. The van der Waals surface area contributed by atoms with Crippen LogP contribution in [-0.2, 0) is 6.54 Å². The fourth-order valence-electron chi connectivity index (χ4n) is 1.78. The third-order valence-corrected chi connectivity index (χ3v) is 3.90. The van der Waals surface area contributed by atoms with Crippen LogP contribution in [0.5, 0.6) is 0 Å². The molecule has 0 saturated heterocycles. The fraction of sp³-hybridized carbons (Fsp3) is 0.417. The molecule has 0 N–H and O–H groups in total. The van der Waals surface area contributed by atoms with Crippen LogP contribution in [0.15, 0.2) is 12.1 Å². The van der Waals surface area contributed by atoms with Gasteiger partial charge in [0.15, 0.2) is 0 Å².